The van der Waals surface area contributed by atoms with E-state index in [1.807, 2.05) is 0 Å². The van der Waals surface area contributed by atoms with Crippen molar-refractivity contribution in [1.82, 2.24) is 5.32 Å². The van der Waals surface area contributed by atoms with E-state index < -0.39 is 6.04 Å². The fourth-order valence-electron chi connectivity index (χ4n) is 2.74. The summed E-state index contributed by atoms with van der Waals surface area (Å²) in [5.41, 5.74) is 5.70. The molecule has 1 saturated carbocycles. The molecule has 0 bridgehead atoms. The second-order valence-electron chi connectivity index (χ2n) is 5.73. The molecular weight excluding hydrogens is 232 g/mol. The highest BCUT2D eigenvalue weighted by Gasteiger charge is 2.32. The van der Waals surface area contributed by atoms with Crippen molar-refractivity contribution in [2.45, 2.75) is 52.1 Å². The number of amides is 1. The van der Waals surface area contributed by atoms with Crippen LogP contribution in [0.15, 0.2) is 0 Å². The number of carbonyl (C=O) groups excluding carboxylic acids is 1. The first kappa shape index (κ1) is 14.8. The Labute approximate surface area is 110 Å². The molecule has 3 nitrogen and oxygen atoms in total. The van der Waals surface area contributed by atoms with Gasteiger partial charge < -0.3 is 11.1 Å². The van der Waals surface area contributed by atoms with Crippen LogP contribution in [0.25, 0.3) is 0 Å². The average molecular weight is 258 g/mol. The Morgan fingerprint density at radius 2 is 2.12 bits per heavy atom. The summed E-state index contributed by atoms with van der Waals surface area (Å²) in [7, 11) is 0. The van der Waals surface area contributed by atoms with Crippen LogP contribution in [0.2, 0.25) is 0 Å². The molecular formula is C13H26N2OS. The molecule has 0 aromatic rings. The van der Waals surface area contributed by atoms with Crippen molar-refractivity contribution in [3.05, 3.63) is 0 Å². The molecule has 0 spiro atoms. The van der Waals surface area contributed by atoms with E-state index in [9.17, 15) is 4.79 Å². The molecule has 4 atom stereocenters. The van der Waals surface area contributed by atoms with E-state index in [2.05, 4.69) is 38.7 Å². The van der Waals surface area contributed by atoms with Gasteiger partial charge in [-0.2, -0.15) is 12.6 Å². The van der Waals surface area contributed by atoms with E-state index in [1.54, 1.807) is 0 Å². The minimum Gasteiger partial charge on any atom is -0.352 e. The molecule has 1 amide bonds. The lowest BCUT2D eigenvalue weighted by molar-refractivity contribution is -0.123. The van der Waals surface area contributed by atoms with Crippen LogP contribution >= 0.6 is 12.6 Å². The summed E-state index contributed by atoms with van der Waals surface area (Å²) in [6.45, 7) is 6.73. The minimum atomic E-state index is -0.483. The molecule has 1 rings (SSSR count). The van der Waals surface area contributed by atoms with Crippen LogP contribution in [0, 0.1) is 17.8 Å². The van der Waals surface area contributed by atoms with Crippen molar-refractivity contribution in [1.29, 1.82) is 0 Å². The average Bonchev–Trinajstić information content (AvgIpc) is 2.27. The fourth-order valence-corrected chi connectivity index (χ4v) is 2.91. The van der Waals surface area contributed by atoms with Gasteiger partial charge in [0.25, 0.3) is 0 Å². The predicted octanol–water partition coefficient (Wildman–Crippen LogP) is 1.82. The fraction of sp³-hybridized carbons (Fsp3) is 0.923. The molecule has 100 valence electrons. The van der Waals surface area contributed by atoms with Gasteiger partial charge in [0.1, 0.15) is 0 Å². The number of carbonyl (C=O) groups is 1. The van der Waals surface area contributed by atoms with Crippen molar-refractivity contribution < 1.29 is 4.79 Å². The van der Waals surface area contributed by atoms with Crippen LogP contribution in [0.5, 0.6) is 0 Å². The van der Waals surface area contributed by atoms with Gasteiger partial charge in [-0.25, -0.2) is 0 Å². The normalized spacial score (nSPS) is 31.3. The number of rotatable bonds is 4. The first-order valence-electron chi connectivity index (χ1n) is 6.62. The van der Waals surface area contributed by atoms with Gasteiger partial charge in [0.2, 0.25) is 5.91 Å². The highest BCUT2D eigenvalue weighted by Crippen LogP contribution is 2.33. The first-order chi connectivity index (χ1) is 7.95. The summed E-state index contributed by atoms with van der Waals surface area (Å²) < 4.78 is 0. The maximum absolute atomic E-state index is 11.8. The quantitative estimate of drug-likeness (QED) is 0.674. The number of hydrogen-bond donors (Lipinski definition) is 3. The molecule has 3 N–H and O–H groups in total. The molecule has 17 heavy (non-hydrogen) atoms. The van der Waals surface area contributed by atoms with Crippen molar-refractivity contribution in [3.63, 3.8) is 0 Å². The second kappa shape index (κ2) is 6.64. The van der Waals surface area contributed by atoms with Crippen LogP contribution < -0.4 is 11.1 Å². The third kappa shape index (κ3) is 4.18. The lowest BCUT2D eigenvalue weighted by Gasteiger charge is -2.38. The standard InChI is InChI=1S/C13H26N2OS/c1-8(2)10-5-4-9(3)6-12(10)15-13(16)11(14)7-17/h8-12,17H,4-7,14H2,1-3H3,(H,15,16)/t9?,10?,11-,12?/m0/s1. The van der Waals surface area contributed by atoms with Crippen LogP contribution in [-0.2, 0) is 4.79 Å². The number of nitrogens with two attached hydrogens (primary N) is 1. The van der Waals surface area contributed by atoms with E-state index in [-0.39, 0.29) is 11.9 Å². The lowest BCUT2D eigenvalue weighted by atomic mass is 9.74. The number of thiol groups is 1. The molecule has 0 aromatic heterocycles. The van der Waals surface area contributed by atoms with E-state index in [1.165, 1.54) is 12.8 Å². The molecule has 1 aliphatic carbocycles. The first-order valence-corrected chi connectivity index (χ1v) is 7.25. The van der Waals surface area contributed by atoms with Gasteiger partial charge in [0.05, 0.1) is 6.04 Å². The molecule has 0 saturated heterocycles. The Balaban J connectivity index is 2.60. The zero-order valence-electron chi connectivity index (χ0n) is 11.1. The smallest absolute Gasteiger partial charge is 0.237 e. The van der Waals surface area contributed by atoms with Crippen molar-refractivity contribution >= 4 is 18.5 Å². The zero-order chi connectivity index (χ0) is 13.0. The Kier molecular flexibility index (Phi) is 5.80. The van der Waals surface area contributed by atoms with Crippen LogP contribution in [-0.4, -0.2) is 23.7 Å². The summed E-state index contributed by atoms with van der Waals surface area (Å²) >= 11 is 4.07. The van der Waals surface area contributed by atoms with E-state index in [0.717, 1.165) is 6.42 Å². The largest absolute Gasteiger partial charge is 0.352 e. The van der Waals surface area contributed by atoms with Crippen LogP contribution in [0.3, 0.4) is 0 Å². The van der Waals surface area contributed by atoms with Gasteiger partial charge in [-0.1, -0.05) is 27.2 Å². The Hall–Kier alpha value is -0.220. The topological polar surface area (TPSA) is 55.1 Å². The summed E-state index contributed by atoms with van der Waals surface area (Å²) in [5.74, 6) is 2.25. The van der Waals surface area contributed by atoms with E-state index in [0.29, 0.717) is 23.5 Å². The Morgan fingerprint density at radius 3 is 2.65 bits per heavy atom. The van der Waals surface area contributed by atoms with Gasteiger partial charge >= 0.3 is 0 Å². The molecule has 3 unspecified atom stereocenters. The molecule has 0 heterocycles. The Bertz CT molecular complexity index is 258. The van der Waals surface area contributed by atoms with Crippen LogP contribution in [0.1, 0.15) is 40.0 Å². The highest BCUT2D eigenvalue weighted by atomic mass is 32.1. The van der Waals surface area contributed by atoms with Crippen molar-refractivity contribution in [2.24, 2.45) is 23.5 Å². The van der Waals surface area contributed by atoms with Gasteiger partial charge in [-0.3, -0.25) is 4.79 Å². The summed E-state index contributed by atoms with van der Waals surface area (Å²) in [4.78, 5) is 11.8. The van der Waals surface area contributed by atoms with E-state index in [4.69, 9.17) is 5.73 Å². The number of hydrogen-bond acceptors (Lipinski definition) is 3. The zero-order valence-corrected chi connectivity index (χ0v) is 12.0. The summed E-state index contributed by atoms with van der Waals surface area (Å²) in [6.07, 6.45) is 3.56. The number of nitrogens with one attached hydrogen (secondary N) is 1. The van der Waals surface area contributed by atoms with Gasteiger partial charge in [0, 0.05) is 11.8 Å². The third-order valence-corrected chi connectivity index (χ3v) is 4.28. The summed E-state index contributed by atoms with van der Waals surface area (Å²) in [5, 5.41) is 3.12. The molecule has 0 aliphatic heterocycles. The summed E-state index contributed by atoms with van der Waals surface area (Å²) in [6, 6.07) is -0.194. The molecule has 1 aliphatic rings. The maximum Gasteiger partial charge on any atom is 0.237 e. The van der Waals surface area contributed by atoms with Gasteiger partial charge in [-0.15, -0.1) is 0 Å². The van der Waals surface area contributed by atoms with Gasteiger partial charge in [0.15, 0.2) is 0 Å². The van der Waals surface area contributed by atoms with Crippen molar-refractivity contribution in [2.75, 3.05) is 5.75 Å². The second-order valence-corrected chi connectivity index (χ2v) is 6.10. The molecule has 1 fully saturated rings. The third-order valence-electron chi connectivity index (χ3n) is 3.88. The molecule has 4 heteroatoms. The van der Waals surface area contributed by atoms with E-state index >= 15 is 0 Å². The van der Waals surface area contributed by atoms with Crippen molar-refractivity contribution in [3.8, 4) is 0 Å². The molecule has 0 radical (unpaired) electrons. The van der Waals surface area contributed by atoms with Crippen LogP contribution in [0.4, 0.5) is 0 Å². The SMILES string of the molecule is CC1CCC(C(C)C)C(NC(=O)[C@@H](N)CS)C1. The molecule has 0 aromatic carbocycles. The highest BCUT2D eigenvalue weighted by molar-refractivity contribution is 7.80. The maximum atomic E-state index is 11.8. The van der Waals surface area contributed by atoms with Gasteiger partial charge in [-0.05, 0) is 30.6 Å². The Morgan fingerprint density at radius 1 is 1.47 bits per heavy atom. The lowest BCUT2D eigenvalue weighted by Crippen LogP contribution is -2.51. The monoisotopic (exact) mass is 258 g/mol. The predicted molar refractivity (Wildman–Crippen MR) is 75.1 cm³/mol. The minimum absolute atomic E-state index is 0.0512.